The van der Waals surface area contributed by atoms with Gasteiger partial charge in [0.25, 0.3) is 0 Å². The van der Waals surface area contributed by atoms with E-state index in [1.165, 1.54) is 3.57 Å². The molecule has 2 nitrogen and oxygen atoms in total. The lowest BCUT2D eigenvalue weighted by atomic mass is 10.2. The molecule has 3 rings (SSSR count). The highest BCUT2D eigenvalue weighted by Gasteiger charge is 2.12. The molecule has 0 fully saturated rings. The minimum Gasteiger partial charge on any atom is -0.323 e. The molecule has 21 heavy (non-hydrogen) atoms. The summed E-state index contributed by atoms with van der Waals surface area (Å²) in [5.41, 5.74) is 3.22. The van der Waals surface area contributed by atoms with Crippen LogP contribution in [0.1, 0.15) is 11.4 Å². The lowest BCUT2D eigenvalue weighted by molar-refractivity contribution is 0.755. The monoisotopic (exact) mass is 430 g/mol. The van der Waals surface area contributed by atoms with Crippen molar-refractivity contribution in [2.45, 2.75) is 13.0 Å². The fourth-order valence-corrected chi connectivity index (χ4v) is 3.24. The summed E-state index contributed by atoms with van der Waals surface area (Å²) < 4.78 is 3.38. The van der Waals surface area contributed by atoms with Gasteiger partial charge in [0.15, 0.2) is 0 Å². The number of hydrogen-bond donors (Lipinski definition) is 0. The highest BCUT2D eigenvalue weighted by Crippen LogP contribution is 2.23. The first-order valence-corrected chi connectivity index (χ1v) is 8.62. The molecule has 0 aliphatic heterocycles. The molecular weight excluding hydrogens is 418 g/mol. The summed E-state index contributed by atoms with van der Waals surface area (Å²) in [6.07, 6.45) is 0.747. The molecule has 0 aliphatic rings. The average molecular weight is 431 g/mol. The van der Waals surface area contributed by atoms with Gasteiger partial charge in [0.1, 0.15) is 5.82 Å². The van der Waals surface area contributed by atoms with E-state index in [9.17, 15) is 0 Å². The summed E-state index contributed by atoms with van der Waals surface area (Å²) in [5, 5.41) is 0.779. The molecule has 2 aromatic carbocycles. The number of benzene rings is 2. The number of halogens is 3. The molecule has 0 radical (unpaired) electrons. The number of rotatable bonds is 4. The minimum absolute atomic E-state index is 0.558. The third kappa shape index (κ3) is 3.20. The Morgan fingerprint density at radius 1 is 1.14 bits per heavy atom. The van der Waals surface area contributed by atoms with E-state index >= 15 is 0 Å². The van der Waals surface area contributed by atoms with Gasteiger partial charge in [0.2, 0.25) is 0 Å². The molecule has 0 unspecified atom stereocenters. The number of imidazole rings is 1. The maximum Gasteiger partial charge on any atom is 0.111 e. The van der Waals surface area contributed by atoms with Gasteiger partial charge < -0.3 is 4.57 Å². The van der Waals surface area contributed by atoms with E-state index in [0.29, 0.717) is 12.4 Å². The first-order chi connectivity index (χ1) is 10.2. The molecule has 1 aromatic heterocycles. The topological polar surface area (TPSA) is 17.8 Å². The summed E-state index contributed by atoms with van der Waals surface area (Å²) in [7, 11) is 0. The van der Waals surface area contributed by atoms with Crippen molar-refractivity contribution in [3.8, 4) is 0 Å². The van der Waals surface area contributed by atoms with Crippen LogP contribution < -0.4 is 0 Å². The number of aromatic nitrogens is 2. The standard InChI is InChI=1S/C16H13Cl2IN2/c17-8-7-16-20-14-9-12(19)5-6-15(14)21(16)10-11-3-1-2-4-13(11)18/h1-6,9H,7-8,10H2. The Kier molecular flexibility index (Phi) is 4.72. The SMILES string of the molecule is ClCCc1nc2cc(I)ccc2n1Cc1ccccc1Cl. The van der Waals surface area contributed by atoms with E-state index < -0.39 is 0 Å². The van der Waals surface area contributed by atoms with Crippen molar-refractivity contribution in [1.82, 2.24) is 9.55 Å². The van der Waals surface area contributed by atoms with Crippen molar-refractivity contribution in [3.05, 3.63) is 62.4 Å². The second-order valence-corrected chi connectivity index (χ2v) is 6.81. The second kappa shape index (κ2) is 6.55. The zero-order valence-electron chi connectivity index (χ0n) is 11.2. The molecule has 3 aromatic rings. The predicted molar refractivity (Wildman–Crippen MR) is 97.4 cm³/mol. The fourth-order valence-electron chi connectivity index (χ4n) is 2.40. The van der Waals surface area contributed by atoms with Crippen LogP contribution in [-0.2, 0) is 13.0 Å². The maximum absolute atomic E-state index is 6.29. The van der Waals surface area contributed by atoms with Gasteiger partial charge in [-0.25, -0.2) is 4.98 Å². The summed E-state index contributed by atoms with van der Waals surface area (Å²) in [4.78, 5) is 4.72. The highest BCUT2D eigenvalue weighted by molar-refractivity contribution is 14.1. The quantitative estimate of drug-likeness (QED) is 0.414. The molecule has 0 saturated carbocycles. The van der Waals surface area contributed by atoms with Crippen LogP contribution in [0, 0.1) is 3.57 Å². The first-order valence-electron chi connectivity index (χ1n) is 6.63. The summed E-state index contributed by atoms with van der Waals surface area (Å²) in [5.74, 6) is 1.56. The number of alkyl halides is 1. The van der Waals surface area contributed by atoms with Gasteiger partial charge in [-0.3, -0.25) is 0 Å². The Bertz CT molecular complexity index is 783. The lowest BCUT2D eigenvalue weighted by Crippen LogP contribution is -2.06. The molecule has 0 aliphatic carbocycles. The van der Waals surface area contributed by atoms with Crippen LogP contribution in [-0.4, -0.2) is 15.4 Å². The van der Waals surface area contributed by atoms with Crippen molar-refractivity contribution in [2.75, 3.05) is 5.88 Å². The molecule has 0 atom stereocenters. The van der Waals surface area contributed by atoms with Crippen molar-refractivity contribution in [3.63, 3.8) is 0 Å². The molecule has 0 saturated heterocycles. The van der Waals surface area contributed by atoms with E-state index in [4.69, 9.17) is 28.2 Å². The Morgan fingerprint density at radius 3 is 2.71 bits per heavy atom. The summed E-state index contributed by atoms with van der Waals surface area (Å²) in [6, 6.07) is 14.2. The average Bonchev–Trinajstić information content (AvgIpc) is 2.79. The van der Waals surface area contributed by atoms with E-state index in [-0.39, 0.29) is 0 Å². The Morgan fingerprint density at radius 2 is 1.95 bits per heavy atom. The molecule has 0 bridgehead atoms. The second-order valence-electron chi connectivity index (χ2n) is 4.78. The normalized spacial score (nSPS) is 11.2. The van der Waals surface area contributed by atoms with E-state index in [1.807, 2.05) is 24.3 Å². The van der Waals surface area contributed by atoms with E-state index in [1.54, 1.807) is 0 Å². The third-order valence-corrected chi connectivity index (χ3v) is 4.62. The van der Waals surface area contributed by atoms with Crippen molar-refractivity contribution in [2.24, 2.45) is 0 Å². The van der Waals surface area contributed by atoms with E-state index in [0.717, 1.165) is 33.9 Å². The van der Waals surface area contributed by atoms with Crippen LogP contribution in [0.2, 0.25) is 5.02 Å². The van der Waals surface area contributed by atoms with Crippen LogP contribution in [0.3, 0.4) is 0 Å². The van der Waals surface area contributed by atoms with Crippen LogP contribution >= 0.6 is 45.8 Å². The molecule has 1 heterocycles. The smallest absolute Gasteiger partial charge is 0.111 e. The zero-order valence-corrected chi connectivity index (χ0v) is 14.9. The van der Waals surface area contributed by atoms with Gasteiger partial charge in [0, 0.05) is 20.9 Å². The van der Waals surface area contributed by atoms with Gasteiger partial charge in [0.05, 0.1) is 17.6 Å². The Labute approximate surface area is 147 Å². The number of aryl methyl sites for hydroxylation is 1. The van der Waals surface area contributed by atoms with Gasteiger partial charge >= 0.3 is 0 Å². The summed E-state index contributed by atoms with van der Waals surface area (Å²) in [6.45, 7) is 0.711. The number of hydrogen-bond acceptors (Lipinski definition) is 1. The zero-order chi connectivity index (χ0) is 14.8. The van der Waals surface area contributed by atoms with Crippen molar-refractivity contribution >= 4 is 56.8 Å². The summed E-state index contributed by atoms with van der Waals surface area (Å²) >= 11 is 14.5. The van der Waals surface area contributed by atoms with Crippen LogP contribution in [0.5, 0.6) is 0 Å². The number of nitrogens with zero attached hydrogens (tertiary/aromatic N) is 2. The predicted octanol–water partition coefficient (Wildman–Crippen LogP) is 5.12. The lowest BCUT2D eigenvalue weighted by Gasteiger charge is -2.10. The van der Waals surface area contributed by atoms with Crippen LogP contribution in [0.25, 0.3) is 11.0 Å². The van der Waals surface area contributed by atoms with Gasteiger partial charge in [-0.1, -0.05) is 29.8 Å². The van der Waals surface area contributed by atoms with Gasteiger partial charge in [-0.15, -0.1) is 11.6 Å². The molecule has 0 spiro atoms. The fraction of sp³-hybridized carbons (Fsp3) is 0.188. The van der Waals surface area contributed by atoms with Crippen LogP contribution in [0.15, 0.2) is 42.5 Å². The molecule has 0 N–H and O–H groups in total. The highest BCUT2D eigenvalue weighted by atomic mass is 127. The van der Waals surface area contributed by atoms with Gasteiger partial charge in [-0.2, -0.15) is 0 Å². The van der Waals surface area contributed by atoms with Crippen LogP contribution in [0.4, 0.5) is 0 Å². The molecule has 108 valence electrons. The third-order valence-electron chi connectivity index (χ3n) is 3.39. The van der Waals surface area contributed by atoms with Crippen molar-refractivity contribution < 1.29 is 0 Å². The van der Waals surface area contributed by atoms with Crippen molar-refractivity contribution in [1.29, 1.82) is 0 Å². The maximum atomic E-state index is 6.29. The molecular formula is C16H13Cl2IN2. The largest absolute Gasteiger partial charge is 0.323 e. The minimum atomic E-state index is 0.558. The molecule has 0 amide bonds. The number of fused-ring (bicyclic) bond motifs is 1. The van der Waals surface area contributed by atoms with E-state index in [2.05, 4.69) is 45.4 Å². The Hall–Kier alpha value is -0.780. The molecule has 5 heteroatoms. The Balaban J connectivity index is 2.11. The van der Waals surface area contributed by atoms with Gasteiger partial charge in [-0.05, 0) is 52.4 Å². The first kappa shape index (κ1) is 15.1.